The van der Waals surface area contributed by atoms with E-state index in [1.165, 1.54) is 24.9 Å². The normalized spacial score (nSPS) is 20.0. The number of anilines is 2. The van der Waals surface area contributed by atoms with Crippen LogP contribution in [-0.4, -0.2) is 50.7 Å². The number of benzene rings is 1. The van der Waals surface area contributed by atoms with Crippen LogP contribution in [0.5, 0.6) is 0 Å². The number of rotatable bonds is 6. The van der Waals surface area contributed by atoms with E-state index in [1.807, 2.05) is 12.1 Å². The molecule has 2 saturated heterocycles. The van der Waals surface area contributed by atoms with E-state index < -0.39 is 0 Å². The first-order valence-electron chi connectivity index (χ1n) is 9.67. The van der Waals surface area contributed by atoms with Crippen LogP contribution in [0.3, 0.4) is 0 Å². The maximum atomic E-state index is 12.0. The van der Waals surface area contributed by atoms with Gasteiger partial charge < -0.3 is 19.9 Å². The topological polar surface area (TPSA) is 61.9 Å². The summed E-state index contributed by atoms with van der Waals surface area (Å²) >= 11 is 0. The van der Waals surface area contributed by atoms with Crippen molar-refractivity contribution in [1.82, 2.24) is 5.32 Å². The van der Waals surface area contributed by atoms with E-state index in [0.717, 1.165) is 31.6 Å². The SMILES string of the molecule is CC(=O)N(CCNC(=O)C1CCCO1)c1ccc(N2CCCCC2)cc1. The zero-order valence-corrected chi connectivity index (χ0v) is 15.6. The van der Waals surface area contributed by atoms with Crippen molar-refractivity contribution >= 4 is 23.2 Å². The molecular formula is C20H29N3O3. The fourth-order valence-corrected chi connectivity index (χ4v) is 3.65. The first-order chi connectivity index (χ1) is 12.6. The molecule has 26 heavy (non-hydrogen) atoms. The van der Waals surface area contributed by atoms with Gasteiger partial charge in [0, 0.05) is 51.1 Å². The number of hydrogen-bond acceptors (Lipinski definition) is 4. The van der Waals surface area contributed by atoms with E-state index >= 15 is 0 Å². The fraction of sp³-hybridized carbons (Fsp3) is 0.600. The second-order valence-electron chi connectivity index (χ2n) is 7.03. The average Bonchev–Trinajstić information content (AvgIpc) is 3.21. The van der Waals surface area contributed by atoms with E-state index in [0.29, 0.717) is 19.7 Å². The third-order valence-corrected chi connectivity index (χ3v) is 5.12. The molecule has 6 heteroatoms. The number of hydrogen-bond donors (Lipinski definition) is 1. The van der Waals surface area contributed by atoms with Crippen molar-refractivity contribution in [3.63, 3.8) is 0 Å². The van der Waals surface area contributed by atoms with Crippen LogP contribution in [0.1, 0.15) is 39.0 Å². The minimum Gasteiger partial charge on any atom is -0.372 e. The van der Waals surface area contributed by atoms with Gasteiger partial charge in [0.1, 0.15) is 6.10 Å². The molecule has 6 nitrogen and oxygen atoms in total. The van der Waals surface area contributed by atoms with Gasteiger partial charge in [0.25, 0.3) is 0 Å². The third-order valence-electron chi connectivity index (χ3n) is 5.12. The van der Waals surface area contributed by atoms with E-state index in [1.54, 1.807) is 11.8 Å². The minimum absolute atomic E-state index is 0.0258. The smallest absolute Gasteiger partial charge is 0.249 e. The molecule has 0 radical (unpaired) electrons. The van der Waals surface area contributed by atoms with Crippen molar-refractivity contribution in [3.8, 4) is 0 Å². The summed E-state index contributed by atoms with van der Waals surface area (Å²) in [5.41, 5.74) is 2.08. The first-order valence-corrected chi connectivity index (χ1v) is 9.67. The minimum atomic E-state index is -0.329. The van der Waals surface area contributed by atoms with Gasteiger partial charge in [-0.05, 0) is 56.4 Å². The molecule has 2 amide bonds. The number of piperidine rings is 1. The molecule has 142 valence electrons. The quantitative estimate of drug-likeness (QED) is 0.847. The zero-order valence-electron chi connectivity index (χ0n) is 15.6. The maximum absolute atomic E-state index is 12.0. The van der Waals surface area contributed by atoms with Crippen LogP contribution in [-0.2, 0) is 14.3 Å². The molecule has 0 aromatic heterocycles. The molecule has 0 aliphatic carbocycles. The lowest BCUT2D eigenvalue weighted by Crippen LogP contribution is -2.41. The number of nitrogens with one attached hydrogen (secondary N) is 1. The summed E-state index contributed by atoms with van der Waals surface area (Å²) in [6, 6.07) is 8.16. The van der Waals surface area contributed by atoms with Gasteiger partial charge in [-0.25, -0.2) is 0 Å². The predicted molar refractivity (Wildman–Crippen MR) is 103 cm³/mol. The Kier molecular flexibility index (Phi) is 6.50. The molecule has 2 aliphatic heterocycles. The van der Waals surface area contributed by atoms with Crippen molar-refractivity contribution in [2.75, 3.05) is 42.6 Å². The van der Waals surface area contributed by atoms with E-state index in [2.05, 4.69) is 22.3 Å². The van der Waals surface area contributed by atoms with Gasteiger partial charge in [-0.15, -0.1) is 0 Å². The van der Waals surface area contributed by atoms with Crippen molar-refractivity contribution in [3.05, 3.63) is 24.3 Å². The predicted octanol–water partition coefficient (Wildman–Crippen LogP) is 2.32. The highest BCUT2D eigenvalue weighted by Crippen LogP contribution is 2.23. The summed E-state index contributed by atoms with van der Waals surface area (Å²) < 4.78 is 5.38. The largest absolute Gasteiger partial charge is 0.372 e. The molecule has 3 rings (SSSR count). The highest BCUT2D eigenvalue weighted by molar-refractivity contribution is 5.91. The van der Waals surface area contributed by atoms with Gasteiger partial charge in [-0.3, -0.25) is 9.59 Å². The summed E-state index contributed by atoms with van der Waals surface area (Å²) in [5.74, 6) is -0.103. The summed E-state index contributed by atoms with van der Waals surface area (Å²) in [6.45, 7) is 5.29. The average molecular weight is 359 g/mol. The molecule has 0 saturated carbocycles. The highest BCUT2D eigenvalue weighted by Gasteiger charge is 2.23. The molecule has 1 atom stereocenters. The molecule has 2 heterocycles. The molecule has 0 spiro atoms. The summed E-state index contributed by atoms with van der Waals surface area (Å²) in [6.07, 6.45) is 5.17. The van der Waals surface area contributed by atoms with E-state index in [-0.39, 0.29) is 17.9 Å². The number of carbonyl (C=O) groups excluding carboxylic acids is 2. The van der Waals surface area contributed by atoms with Crippen molar-refractivity contribution < 1.29 is 14.3 Å². The van der Waals surface area contributed by atoms with Crippen molar-refractivity contribution in [2.24, 2.45) is 0 Å². The van der Waals surface area contributed by atoms with Crippen LogP contribution in [0.25, 0.3) is 0 Å². The van der Waals surface area contributed by atoms with Gasteiger partial charge in [-0.1, -0.05) is 0 Å². The molecular weight excluding hydrogens is 330 g/mol. The Morgan fingerprint density at radius 1 is 1.15 bits per heavy atom. The summed E-state index contributed by atoms with van der Waals surface area (Å²) in [4.78, 5) is 28.1. The monoisotopic (exact) mass is 359 g/mol. The zero-order chi connectivity index (χ0) is 18.4. The number of amides is 2. The van der Waals surface area contributed by atoms with Crippen LogP contribution in [0.15, 0.2) is 24.3 Å². The Labute approximate surface area is 155 Å². The second-order valence-corrected chi connectivity index (χ2v) is 7.03. The Morgan fingerprint density at radius 3 is 2.50 bits per heavy atom. The number of carbonyl (C=O) groups is 2. The lowest BCUT2D eigenvalue weighted by Gasteiger charge is -2.29. The molecule has 1 aromatic rings. The molecule has 2 aliphatic rings. The fourth-order valence-electron chi connectivity index (χ4n) is 3.65. The van der Waals surface area contributed by atoms with Crippen LogP contribution in [0, 0.1) is 0 Å². The number of ether oxygens (including phenoxy) is 1. The van der Waals surface area contributed by atoms with Gasteiger partial charge in [0.05, 0.1) is 0 Å². The van der Waals surface area contributed by atoms with Crippen LogP contribution in [0.2, 0.25) is 0 Å². The van der Waals surface area contributed by atoms with Gasteiger partial charge >= 0.3 is 0 Å². The molecule has 1 unspecified atom stereocenters. The molecule has 2 fully saturated rings. The van der Waals surface area contributed by atoms with Gasteiger partial charge in [0.15, 0.2) is 0 Å². The lowest BCUT2D eigenvalue weighted by molar-refractivity contribution is -0.130. The van der Waals surface area contributed by atoms with Gasteiger partial charge in [-0.2, -0.15) is 0 Å². The molecule has 1 N–H and O–H groups in total. The third kappa shape index (κ3) is 4.75. The van der Waals surface area contributed by atoms with Gasteiger partial charge in [0.2, 0.25) is 11.8 Å². The highest BCUT2D eigenvalue weighted by atomic mass is 16.5. The van der Waals surface area contributed by atoms with Crippen LogP contribution in [0.4, 0.5) is 11.4 Å². The van der Waals surface area contributed by atoms with Crippen LogP contribution >= 0.6 is 0 Å². The number of nitrogens with zero attached hydrogens (tertiary/aromatic N) is 2. The summed E-state index contributed by atoms with van der Waals surface area (Å²) in [5, 5.41) is 2.88. The molecule has 0 bridgehead atoms. The Bertz CT molecular complexity index is 605. The van der Waals surface area contributed by atoms with Crippen molar-refractivity contribution in [1.29, 1.82) is 0 Å². The maximum Gasteiger partial charge on any atom is 0.249 e. The van der Waals surface area contributed by atoms with E-state index in [9.17, 15) is 9.59 Å². The lowest BCUT2D eigenvalue weighted by atomic mass is 10.1. The summed E-state index contributed by atoms with van der Waals surface area (Å²) in [7, 11) is 0. The Morgan fingerprint density at radius 2 is 1.88 bits per heavy atom. The molecule has 1 aromatic carbocycles. The van der Waals surface area contributed by atoms with Crippen molar-refractivity contribution in [2.45, 2.75) is 45.1 Å². The van der Waals surface area contributed by atoms with E-state index in [4.69, 9.17) is 4.74 Å². The Hall–Kier alpha value is -2.08. The standard InChI is InChI=1S/C20H29N3O3/c1-16(24)23(14-11-21-20(25)19-6-5-15-26-19)18-9-7-17(8-10-18)22-12-3-2-4-13-22/h7-10,19H,2-6,11-15H2,1H3,(H,21,25). The Balaban J connectivity index is 1.55. The van der Waals surface area contributed by atoms with Crippen LogP contribution < -0.4 is 15.1 Å². The first kappa shape index (κ1) is 18.7. The second kappa shape index (κ2) is 9.03.